The molecule has 3 rings (SSSR count). The number of amides is 1. The fourth-order valence-electron chi connectivity index (χ4n) is 2.65. The summed E-state index contributed by atoms with van der Waals surface area (Å²) in [6.45, 7) is 1.09. The van der Waals surface area contributed by atoms with Gasteiger partial charge in [0.1, 0.15) is 0 Å². The Bertz CT molecular complexity index is 1010. The van der Waals surface area contributed by atoms with Crippen LogP contribution in [0.5, 0.6) is 0 Å². The molecule has 0 bridgehead atoms. The van der Waals surface area contributed by atoms with E-state index in [0.29, 0.717) is 26.1 Å². The van der Waals surface area contributed by atoms with Gasteiger partial charge < -0.3 is 14.8 Å². The number of halogens is 3. The van der Waals surface area contributed by atoms with Crippen molar-refractivity contribution in [3.05, 3.63) is 53.2 Å². The second kappa shape index (κ2) is 9.26. The largest absolute Gasteiger partial charge is 0.490 e. The number of nitrogens with one attached hydrogen (secondary N) is 1. The van der Waals surface area contributed by atoms with Crippen molar-refractivity contribution >= 4 is 21.9 Å². The molecule has 2 N–H and O–H groups in total. The van der Waals surface area contributed by atoms with Gasteiger partial charge in [-0.2, -0.15) is 17.5 Å². The van der Waals surface area contributed by atoms with Gasteiger partial charge >= 0.3 is 12.1 Å². The van der Waals surface area contributed by atoms with Crippen molar-refractivity contribution < 1.29 is 40.7 Å². The average molecular weight is 449 g/mol. The van der Waals surface area contributed by atoms with Crippen LogP contribution in [-0.4, -0.2) is 53.7 Å². The van der Waals surface area contributed by atoms with Gasteiger partial charge in [0.15, 0.2) is 5.76 Å². The fraction of sp³-hybridized carbons (Fsp3) is 0.353. The number of hydrogen-bond donors (Lipinski definition) is 2. The highest BCUT2D eigenvalue weighted by Gasteiger charge is 2.38. The molecule has 13 heteroatoms. The first-order chi connectivity index (χ1) is 13.9. The minimum Gasteiger partial charge on any atom is -0.475 e. The van der Waals surface area contributed by atoms with Crippen molar-refractivity contribution in [3.8, 4) is 0 Å². The third kappa shape index (κ3) is 6.29. The minimum absolute atomic E-state index is 0.256. The van der Waals surface area contributed by atoms with Crippen molar-refractivity contribution in [3.63, 3.8) is 0 Å². The maximum absolute atomic E-state index is 11.9. The second-order valence-corrected chi connectivity index (χ2v) is 8.23. The molecule has 30 heavy (non-hydrogen) atoms. The van der Waals surface area contributed by atoms with Crippen LogP contribution < -0.4 is 5.32 Å². The predicted molar refractivity (Wildman–Crippen MR) is 96.8 cm³/mol. The van der Waals surface area contributed by atoms with Crippen molar-refractivity contribution in [2.75, 3.05) is 12.8 Å². The van der Waals surface area contributed by atoms with E-state index >= 15 is 0 Å². The molecule has 0 saturated heterocycles. The highest BCUT2D eigenvalue weighted by molar-refractivity contribution is 7.88. The average Bonchev–Trinajstić information content (AvgIpc) is 3.19. The lowest BCUT2D eigenvalue weighted by Gasteiger charge is -2.27. The summed E-state index contributed by atoms with van der Waals surface area (Å²) in [5.74, 6) is -2.79. The number of sulfonamides is 1. The van der Waals surface area contributed by atoms with Crippen molar-refractivity contribution in [1.29, 1.82) is 0 Å². The van der Waals surface area contributed by atoms with Crippen LogP contribution in [0.3, 0.4) is 0 Å². The Kier molecular flexibility index (Phi) is 7.21. The zero-order valence-corrected chi connectivity index (χ0v) is 16.5. The van der Waals surface area contributed by atoms with E-state index in [0.717, 1.165) is 16.7 Å². The SMILES string of the molecule is CS(=O)(=O)N1CCc2c(CNC(=O)c3ccco3)cncc2C1.O=C(O)C(F)(F)F. The van der Waals surface area contributed by atoms with Gasteiger partial charge in [0.2, 0.25) is 10.0 Å². The van der Waals surface area contributed by atoms with Gasteiger partial charge in [-0.15, -0.1) is 0 Å². The lowest BCUT2D eigenvalue weighted by Crippen LogP contribution is -2.36. The highest BCUT2D eigenvalue weighted by Crippen LogP contribution is 2.23. The zero-order valence-electron chi connectivity index (χ0n) is 15.6. The minimum atomic E-state index is -5.08. The number of pyridine rings is 1. The van der Waals surface area contributed by atoms with E-state index in [-0.39, 0.29) is 11.7 Å². The molecule has 0 unspecified atom stereocenters. The number of carboxylic acids is 1. The number of furan rings is 1. The number of fused-ring (bicyclic) bond motifs is 1. The molecule has 0 saturated carbocycles. The topological polar surface area (TPSA) is 130 Å². The molecule has 0 spiro atoms. The van der Waals surface area contributed by atoms with Gasteiger partial charge in [0.25, 0.3) is 5.91 Å². The van der Waals surface area contributed by atoms with E-state index in [2.05, 4.69) is 10.3 Å². The molecule has 3 heterocycles. The Hall–Kier alpha value is -2.93. The van der Waals surface area contributed by atoms with Crippen LogP contribution in [0, 0.1) is 0 Å². The molecular weight excluding hydrogens is 431 g/mol. The quantitative estimate of drug-likeness (QED) is 0.724. The number of carboxylic acid groups (broad SMARTS) is 1. The van der Waals surface area contributed by atoms with Crippen LogP contribution in [-0.2, 0) is 34.3 Å². The van der Waals surface area contributed by atoms with Crippen LogP contribution in [0.1, 0.15) is 27.2 Å². The van der Waals surface area contributed by atoms with Crippen LogP contribution in [0.25, 0.3) is 0 Å². The number of hydrogen-bond acceptors (Lipinski definition) is 6. The van der Waals surface area contributed by atoms with Crippen molar-refractivity contribution in [2.24, 2.45) is 0 Å². The Labute approximate surface area is 169 Å². The number of rotatable bonds is 4. The van der Waals surface area contributed by atoms with Gasteiger partial charge in [-0.25, -0.2) is 13.2 Å². The summed E-state index contributed by atoms with van der Waals surface area (Å²) in [5.41, 5.74) is 2.83. The molecule has 2 aromatic rings. The summed E-state index contributed by atoms with van der Waals surface area (Å²) in [6.07, 6.45) is 1.57. The molecule has 2 aromatic heterocycles. The number of nitrogens with zero attached hydrogens (tertiary/aromatic N) is 2. The molecule has 1 aliphatic heterocycles. The van der Waals surface area contributed by atoms with Gasteiger partial charge in [-0.3, -0.25) is 9.78 Å². The van der Waals surface area contributed by atoms with E-state index < -0.39 is 22.2 Å². The zero-order chi connectivity index (χ0) is 22.5. The number of carbonyl (C=O) groups is 2. The second-order valence-electron chi connectivity index (χ2n) is 6.25. The molecule has 1 aliphatic rings. The standard InChI is InChI=1S/C15H17N3O4S.C2HF3O2/c1-23(20,21)18-5-4-13-11(7-16-8-12(13)10-18)9-17-15(19)14-3-2-6-22-14;3-2(4,5)1(6)7/h2-3,6-8H,4-5,9-10H2,1H3,(H,17,19);(H,6,7). The summed E-state index contributed by atoms with van der Waals surface area (Å²) < 4.78 is 61.5. The lowest BCUT2D eigenvalue weighted by molar-refractivity contribution is -0.192. The number of aliphatic carboxylic acids is 1. The van der Waals surface area contributed by atoms with Gasteiger partial charge in [0.05, 0.1) is 12.5 Å². The molecule has 0 aromatic carbocycles. The number of carbonyl (C=O) groups excluding carboxylic acids is 1. The summed E-state index contributed by atoms with van der Waals surface area (Å²) in [4.78, 5) is 25.0. The third-order valence-corrected chi connectivity index (χ3v) is 5.34. The Balaban J connectivity index is 0.000000396. The summed E-state index contributed by atoms with van der Waals surface area (Å²) >= 11 is 0. The molecule has 1 amide bonds. The Morgan fingerprint density at radius 1 is 1.33 bits per heavy atom. The maximum Gasteiger partial charge on any atom is 0.490 e. The van der Waals surface area contributed by atoms with Crippen LogP contribution in [0.4, 0.5) is 13.2 Å². The summed E-state index contributed by atoms with van der Waals surface area (Å²) in [6, 6.07) is 3.25. The number of aromatic nitrogens is 1. The van der Waals surface area contributed by atoms with E-state index in [4.69, 9.17) is 14.3 Å². The van der Waals surface area contributed by atoms with E-state index in [1.54, 1.807) is 24.5 Å². The van der Waals surface area contributed by atoms with Gasteiger partial charge in [0, 0.05) is 32.0 Å². The first-order valence-corrected chi connectivity index (χ1v) is 10.3. The first-order valence-electron chi connectivity index (χ1n) is 8.41. The normalized spacial score (nSPS) is 14.3. The maximum atomic E-state index is 11.9. The van der Waals surface area contributed by atoms with Gasteiger partial charge in [-0.1, -0.05) is 0 Å². The molecule has 9 nitrogen and oxygen atoms in total. The van der Waals surface area contributed by atoms with E-state index in [9.17, 15) is 26.4 Å². The molecule has 0 fully saturated rings. The molecule has 0 atom stereocenters. The monoisotopic (exact) mass is 449 g/mol. The molecular formula is C17H18F3N3O6S. The molecule has 164 valence electrons. The Morgan fingerprint density at radius 2 is 2.00 bits per heavy atom. The molecule has 0 aliphatic carbocycles. The Morgan fingerprint density at radius 3 is 2.53 bits per heavy atom. The van der Waals surface area contributed by atoms with Crippen molar-refractivity contribution in [1.82, 2.24) is 14.6 Å². The first kappa shape index (κ1) is 23.3. The lowest BCUT2D eigenvalue weighted by atomic mass is 9.98. The molecule has 0 radical (unpaired) electrons. The van der Waals surface area contributed by atoms with Crippen LogP contribution in [0.2, 0.25) is 0 Å². The van der Waals surface area contributed by atoms with Crippen LogP contribution >= 0.6 is 0 Å². The van der Waals surface area contributed by atoms with Crippen LogP contribution in [0.15, 0.2) is 35.2 Å². The summed E-state index contributed by atoms with van der Waals surface area (Å²) in [7, 11) is -3.21. The summed E-state index contributed by atoms with van der Waals surface area (Å²) in [5, 5.41) is 9.91. The predicted octanol–water partition coefficient (Wildman–Crippen LogP) is 1.56. The number of alkyl halides is 3. The van der Waals surface area contributed by atoms with E-state index in [1.807, 2.05) is 0 Å². The highest BCUT2D eigenvalue weighted by atomic mass is 32.2. The van der Waals surface area contributed by atoms with E-state index in [1.165, 1.54) is 16.8 Å². The fourth-order valence-corrected chi connectivity index (χ4v) is 3.44. The van der Waals surface area contributed by atoms with Crippen molar-refractivity contribution in [2.45, 2.75) is 25.7 Å². The van der Waals surface area contributed by atoms with Gasteiger partial charge in [-0.05, 0) is 35.2 Å². The third-order valence-electron chi connectivity index (χ3n) is 4.09. The smallest absolute Gasteiger partial charge is 0.475 e.